The summed E-state index contributed by atoms with van der Waals surface area (Å²) in [5, 5.41) is 3.07. The molecule has 28 heavy (non-hydrogen) atoms. The SMILES string of the molecule is Nc1cncc(-c2cnc(NC[C@H](c3ncccc3F)C3CC[C@@H]3F)nc2)n1. The maximum absolute atomic E-state index is 14.2. The lowest BCUT2D eigenvalue weighted by molar-refractivity contribution is 0.0894. The molecule has 0 saturated heterocycles. The first kappa shape index (κ1) is 18.1. The first-order chi connectivity index (χ1) is 13.6. The fourth-order valence-corrected chi connectivity index (χ4v) is 3.33. The number of nitrogens with zero attached hydrogens (tertiary/aromatic N) is 5. The van der Waals surface area contributed by atoms with Gasteiger partial charge in [-0.2, -0.15) is 0 Å². The zero-order valence-corrected chi connectivity index (χ0v) is 15.0. The van der Waals surface area contributed by atoms with E-state index in [1.165, 1.54) is 24.5 Å². The molecule has 4 rings (SSSR count). The van der Waals surface area contributed by atoms with Crippen LogP contribution < -0.4 is 11.1 Å². The third kappa shape index (κ3) is 3.73. The van der Waals surface area contributed by atoms with Gasteiger partial charge < -0.3 is 11.1 Å². The zero-order valence-electron chi connectivity index (χ0n) is 15.0. The summed E-state index contributed by atoms with van der Waals surface area (Å²) in [5.41, 5.74) is 7.14. The number of halogens is 2. The molecule has 0 aromatic carbocycles. The average Bonchev–Trinajstić information content (AvgIpc) is 2.71. The number of nitrogen functional groups attached to an aromatic ring is 1. The Kier molecular flexibility index (Phi) is 5.05. The predicted molar refractivity (Wildman–Crippen MR) is 101 cm³/mol. The molecule has 0 radical (unpaired) electrons. The minimum absolute atomic E-state index is 0.265. The fourth-order valence-electron chi connectivity index (χ4n) is 3.33. The van der Waals surface area contributed by atoms with Gasteiger partial charge in [0.25, 0.3) is 0 Å². The molecule has 0 bridgehead atoms. The van der Waals surface area contributed by atoms with Gasteiger partial charge in [-0.15, -0.1) is 0 Å². The molecule has 1 unspecified atom stereocenters. The van der Waals surface area contributed by atoms with Crippen LogP contribution in [0.1, 0.15) is 24.5 Å². The van der Waals surface area contributed by atoms with E-state index in [4.69, 9.17) is 5.73 Å². The van der Waals surface area contributed by atoms with E-state index in [9.17, 15) is 8.78 Å². The lowest BCUT2D eigenvalue weighted by atomic mass is 9.72. The second-order valence-corrected chi connectivity index (χ2v) is 6.74. The van der Waals surface area contributed by atoms with Crippen molar-refractivity contribution < 1.29 is 8.78 Å². The van der Waals surface area contributed by atoms with Crippen molar-refractivity contribution in [3.8, 4) is 11.3 Å². The van der Waals surface area contributed by atoms with Crippen molar-refractivity contribution in [1.82, 2.24) is 24.9 Å². The third-order valence-corrected chi connectivity index (χ3v) is 4.98. The average molecular weight is 383 g/mol. The van der Waals surface area contributed by atoms with E-state index in [0.29, 0.717) is 35.9 Å². The van der Waals surface area contributed by atoms with Gasteiger partial charge >= 0.3 is 0 Å². The summed E-state index contributed by atoms with van der Waals surface area (Å²) < 4.78 is 28.2. The van der Waals surface area contributed by atoms with E-state index in [1.807, 2.05) is 0 Å². The van der Waals surface area contributed by atoms with Crippen molar-refractivity contribution in [3.63, 3.8) is 0 Å². The van der Waals surface area contributed by atoms with Crippen LogP contribution >= 0.6 is 0 Å². The molecular weight excluding hydrogens is 364 g/mol. The number of hydrogen-bond donors (Lipinski definition) is 2. The molecule has 3 N–H and O–H groups in total. The molecule has 7 nitrogen and oxygen atoms in total. The molecule has 144 valence electrons. The van der Waals surface area contributed by atoms with Crippen molar-refractivity contribution in [2.45, 2.75) is 24.9 Å². The van der Waals surface area contributed by atoms with Gasteiger partial charge in [-0.05, 0) is 25.0 Å². The van der Waals surface area contributed by atoms with Crippen LogP contribution in [0.4, 0.5) is 20.5 Å². The van der Waals surface area contributed by atoms with Gasteiger partial charge in [-0.3, -0.25) is 9.97 Å². The van der Waals surface area contributed by atoms with Crippen molar-refractivity contribution in [2.24, 2.45) is 5.92 Å². The second-order valence-electron chi connectivity index (χ2n) is 6.74. The van der Waals surface area contributed by atoms with Crippen LogP contribution in [-0.2, 0) is 0 Å². The summed E-state index contributed by atoms with van der Waals surface area (Å²) >= 11 is 0. The number of alkyl halides is 1. The molecule has 1 fully saturated rings. The summed E-state index contributed by atoms with van der Waals surface area (Å²) in [5.74, 6) is -0.422. The first-order valence-corrected chi connectivity index (χ1v) is 9.00. The number of nitrogens with two attached hydrogens (primary N) is 1. The standard InChI is InChI=1S/C19H19F2N7/c20-14-4-3-12(14)13(18-15(21)2-1-5-24-18)8-27-19-25-6-11(7-26-19)16-9-23-10-17(22)28-16/h1-2,5-7,9-10,12-14H,3-4,8H2,(H2,22,28)(H,25,26,27)/t12?,13-,14-/m0/s1. The summed E-state index contributed by atoms with van der Waals surface area (Å²) in [6.45, 7) is 0.288. The van der Waals surface area contributed by atoms with Gasteiger partial charge in [0.15, 0.2) is 0 Å². The van der Waals surface area contributed by atoms with Crippen LogP contribution in [0.25, 0.3) is 11.3 Å². The summed E-state index contributed by atoms with van der Waals surface area (Å²) in [7, 11) is 0. The first-order valence-electron chi connectivity index (χ1n) is 9.00. The lowest BCUT2D eigenvalue weighted by Gasteiger charge is -2.37. The zero-order chi connectivity index (χ0) is 19.5. The summed E-state index contributed by atoms with van der Waals surface area (Å²) in [6.07, 6.45) is 8.00. The Balaban J connectivity index is 1.49. The highest BCUT2D eigenvalue weighted by atomic mass is 19.1. The van der Waals surface area contributed by atoms with E-state index in [2.05, 4.69) is 30.2 Å². The minimum atomic E-state index is -0.946. The Morgan fingerprint density at radius 3 is 2.61 bits per heavy atom. The Labute approximate surface area is 160 Å². The van der Waals surface area contributed by atoms with Gasteiger partial charge in [0.1, 0.15) is 17.8 Å². The highest BCUT2D eigenvalue weighted by Gasteiger charge is 2.39. The van der Waals surface area contributed by atoms with Gasteiger partial charge in [0.2, 0.25) is 5.95 Å². The van der Waals surface area contributed by atoms with Gasteiger partial charge in [-0.25, -0.2) is 23.7 Å². The monoisotopic (exact) mass is 383 g/mol. The van der Waals surface area contributed by atoms with Crippen molar-refractivity contribution in [2.75, 3.05) is 17.6 Å². The van der Waals surface area contributed by atoms with Gasteiger partial charge in [-0.1, -0.05) is 0 Å². The number of nitrogens with one attached hydrogen (secondary N) is 1. The maximum atomic E-state index is 14.2. The topological polar surface area (TPSA) is 102 Å². The summed E-state index contributed by atoms with van der Waals surface area (Å²) in [4.78, 5) is 20.8. The van der Waals surface area contributed by atoms with Crippen LogP contribution in [0.5, 0.6) is 0 Å². The minimum Gasteiger partial charge on any atom is -0.382 e. The van der Waals surface area contributed by atoms with Crippen LogP contribution in [0.15, 0.2) is 43.1 Å². The molecule has 3 aromatic heterocycles. The Bertz CT molecular complexity index is 951. The predicted octanol–water partition coefficient (Wildman–Crippen LogP) is 2.99. The number of anilines is 2. The van der Waals surface area contributed by atoms with E-state index >= 15 is 0 Å². The van der Waals surface area contributed by atoms with E-state index < -0.39 is 17.9 Å². The molecule has 0 aliphatic heterocycles. The van der Waals surface area contributed by atoms with Crippen LogP contribution in [0.3, 0.4) is 0 Å². The molecule has 3 aromatic rings. The van der Waals surface area contributed by atoms with Crippen LogP contribution in [0, 0.1) is 11.7 Å². The number of aromatic nitrogens is 5. The number of hydrogen-bond acceptors (Lipinski definition) is 7. The van der Waals surface area contributed by atoms with Crippen molar-refractivity contribution in [3.05, 3.63) is 54.6 Å². The van der Waals surface area contributed by atoms with E-state index in [-0.39, 0.29) is 18.2 Å². The number of pyridine rings is 1. The maximum Gasteiger partial charge on any atom is 0.222 e. The van der Waals surface area contributed by atoms with E-state index in [0.717, 1.165) is 0 Å². The second kappa shape index (κ2) is 7.79. The highest BCUT2D eigenvalue weighted by Crippen LogP contribution is 2.41. The van der Waals surface area contributed by atoms with Crippen LogP contribution in [0.2, 0.25) is 0 Å². The Morgan fingerprint density at radius 1 is 1.14 bits per heavy atom. The molecule has 1 aliphatic carbocycles. The molecule has 3 heterocycles. The molecule has 0 amide bonds. The highest BCUT2D eigenvalue weighted by molar-refractivity contribution is 5.57. The fraction of sp³-hybridized carbons (Fsp3) is 0.316. The van der Waals surface area contributed by atoms with Crippen molar-refractivity contribution in [1.29, 1.82) is 0 Å². The van der Waals surface area contributed by atoms with Gasteiger partial charge in [0.05, 0.1) is 23.8 Å². The molecule has 9 heteroatoms. The largest absolute Gasteiger partial charge is 0.382 e. The third-order valence-electron chi connectivity index (χ3n) is 4.98. The number of rotatable bonds is 6. The molecule has 0 spiro atoms. The van der Waals surface area contributed by atoms with Crippen molar-refractivity contribution >= 4 is 11.8 Å². The summed E-state index contributed by atoms with van der Waals surface area (Å²) in [6, 6.07) is 2.87. The molecule has 1 aliphatic rings. The smallest absolute Gasteiger partial charge is 0.222 e. The van der Waals surface area contributed by atoms with E-state index in [1.54, 1.807) is 18.6 Å². The molecule has 3 atom stereocenters. The quantitative estimate of drug-likeness (QED) is 0.674. The normalized spacial score (nSPS) is 19.6. The lowest BCUT2D eigenvalue weighted by Crippen LogP contribution is -2.37. The van der Waals surface area contributed by atoms with Gasteiger partial charge in [0, 0.05) is 42.5 Å². The molecule has 1 saturated carbocycles. The van der Waals surface area contributed by atoms with Crippen LogP contribution in [-0.4, -0.2) is 37.6 Å². The Morgan fingerprint density at radius 2 is 1.96 bits per heavy atom. The Hall–Kier alpha value is -3.23. The molecular formula is C19H19F2N7.